The van der Waals surface area contributed by atoms with E-state index in [2.05, 4.69) is 5.32 Å². The minimum Gasteiger partial charge on any atom is -0.493 e. The molecule has 2 fully saturated rings. The van der Waals surface area contributed by atoms with Crippen LogP contribution in [-0.4, -0.2) is 188 Å². The van der Waals surface area contributed by atoms with Gasteiger partial charge in [-0.05, 0) is 146 Å². The Morgan fingerprint density at radius 1 is 0.741 bits per heavy atom. The van der Waals surface area contributed by atoms with Crippen LogP contribution in [0.25, 0.3) is 0 Å². The number of rotatable bonds is 9. The van der Waals surface area contributed by atoms with Crippen molar-refractivity contribution in [3.8, 4) is 17.2 Å². The van der Waals surface area contributed by atoms with Crippen LogP contribution in [0, 0.1) is 11.2 Å². The van der Waals surface area contributed by atoms with Crippen LogP contribution in [0.15, 0.2) is 78.9 Å². The lowest BCUT2D eigenvalue weighted by Crippen LogP contribution is -2.60. The van der Waals surface area contributed by atoms with E-state index in [0.717, 1.165) is 16.5 Å². The zero-order valence-corrected chi connectivity index (χ0v) is 50.8. The number of esters is 2. The summed E-state index contributed by atoms with van der Waals surface area (Å²) in [6, 6.07) is 11.5. The molecule has 0 spiro atoms. The van der Waals surface area contributed by atoms with Crippen LogP contribution >= 0.6 is 0 Å². The number of methoxy groups -OCH3 is 2. The summed E-state index contributed by atoms with van der Waals surface area (Å²) in [6.45, 7) is 8.90. The van der Waals surface area contributed by atoms with Gasteiger partial charge in [-0.3, -0.25) is 33.6 Å². The summed E-state index contributed by atoms with van der Waals surface area (Å²) in [4.78, 5) is 134. The fourth-order valence-electron chi connectivity index (χ4n) is 10.2. The molecule has 3 aliphatic rings. The van der Waals surface area contributed by atoms with E-state index in [9.17, 15) is 47.5 Å². The van der Waals surface area contributed by atoms with Crippen LogP contribution in [0.2, 0.25) is 0 Å². The number of ketones is 1. The molecular weight excluding hydrogens is 1100 g/mol. The Labute approximate surface area is 497 Å². The van der Waals surface area contributed by atoms with Gasteiger partial charge in [-0.15, -0.1) is 0 Å². The van der Waals surface area contributed by atoms with E-state index in [1.165, 1.54) is 99.0 Å². The number of cyclic esters (lactones) is 2. The number of likely N-dealkylation sites (N-methyl/N-ethyl adjacent to an activating group) is 3. The van der Waals surface area contributed by atoms with Crippen molar-refractivity contribution < 1.29 is 76.0 Å². The SMILES string of the molecule is COc1ccc(CC[C@H]2OC(=O)[C@@H]3CCCCN3C(=O)C(=O)C(C)(C)COC(=O)/C=C\CCN(C)C(=O)[C@@H]3CCCN3C(=O)[C@H](COC(C)(C)C)N(C)C(=O)[C@H](Cc3ccc(F)cc3)NC(=O)[C@H](C)N(C)C(=O)COc3cccc2c3)cc1OC. The van der Waals surface area contributed by atoms with Crippen molar-refractivity contribution >= 4 is 53.2 Å². The average molecular weight is 1180 g/mol. The Morgan fingerprint density at radius 3 is 2.12 bits per heavy atom. The second-order valence-electron chi connectivity index (χ2n) is 23.4. The lowest BCUT2D eigenvalue weighted by Gasteiger charge is -2.37. The second kappa shape index (κ2) is 29.8. The van der Waals surface area contributed by atoms with Crippen molar-refractivity contribution in [2.45, 2.75) is 141 Å². The molecule has 6 atom stereocenters. The normalized spacial score (nSPS) is 23.9. The van der Waals surface area contributed by atoms with Crippen molar-refractivity contribution in [3.05, 3.63) is 101 Å². The monoisotopic (exact) mass is 1180 g/mol. The molecule has 2 saturated heterocycles. The van der Waals surface area contributed by atoms with Crippen molar-refractivity contribution in [2.75, 3.05) is 74.8 Å². The molecule has 462 valence electrons. The number of nitrogens with zero attached hydrogens (tertiary/aromatic N) is 5. The fourth-order valence-corrected chi connectivity index (χ4v) is 10.2. The van der Waals surface area contributed by atoms with Crippen molar-refractivity contribution in [3.63, 3.8) is 0 Å². The quantitative estimate of drug-likeness (QED) is 0.203. The van der Waals surface area contributed by atoms with Gasteiger partial charge in [-0.1, -0.05) is 36.4 Å². The van der Waals surface area contributed by atoms with Crippen LogP contribution in [0.5, 0.6) is 17.2 Å². The summed E-state index contributed by atoms with van der Waals surface area (Å²) in [6.07, 6.45) is 4.47. The molecule has 2 bridgehead atoms. The second-order valence-corrected chi connectivity index (χ2v) is 23.4. The largest absolute Gasteiger partial charge is 0.493 e. The highest BCUT2D eigenvalue weighted by molar-refractivity contribution is 6.38. The Balaban J connectivity index is 1.33. The van der Waals surface area contributed by atoms with Crippen LogP contribution in [-0.2, 0) is 70.2 Å². The van der Waals surface area contributed by atoms with E-state index in [4.69, 9.17) is 28.4 Å². The standard InChI is InChI=1S/C63H83FN6O15/c1-40-56(74)65-46(34-41-23-27-44(64)28-24-41)57(75)68(9)49(37-84-62(2,3)4)59(77)69-33-17-21-47(69)58(76)66(7)31-14-13-22-54(72)83-39-63(5,6)55(73)60(78)70-32-15-12-20-48(70)61(79)85-50(29-25-42-26-30-51(80-10)52(35-42)81-11)43-18-16-19-45(36-43)82-38-53(71)67(40)8/h13,16,18-19,22-24,26-28,30,35-36,40,46-50H,12,14-15,17,20-21,25,29,31-34,37-39H2,1-11H3,(H,65,74)/b22-13-/t40-,46-,47-,48-,49-,50+/m0/s1. The summed E-state index contributed by atoms with van der Waals surface area (Å²) in [7, 11) is 7.41. The van der Waals surface area contributed by atoms with E-state index in [0.29, 0.717) is 54.7 Å². The first-order chi connectivity index (χ1) is 40.2. The third-order valence-corrected chi connectivity index (χ3v) is 15.6. The summed E-state index contributed by atoms with van der Waals surface area (Å²) in [5, 5.41) is 2.79. The number of benzene rings is 3. The predicted molar refractivity (Wildman–Crippen MR) is 310 cm³/mol. The van der Waals surface area contributed by atoms with E-state index < -0.39 is 114 Å². The molecule has 0 radical (unpaired) electrons. The predicted octanol–water partition coefficient (Wildman–Crippen LogP) is 5.58. The van der Waals surface area contributed by atoms with E-state index in [-0.39, 0.29) is 63.6 Å². The number of aryl methyl sites for hydroxylation is 1. The molecule has 21 nitrogen and oxygen atoms in total. The Kier molecular flexibility index (Phi) is 23.2. The van der Waals surface area contributed by atoms with Gasteiger partial charge in [0.05, 0.1) is 31.8 Å². The third kappa shape index (κ3) is 17.8. The number of amides is 6. The average Bonchev–Trinajstić information content (AvgIpc) is 3.58. The van der Waals surface area contributed by atoms with Gasteiger partial charge in [0.2, 0.25) is 29.4 Å². The topological polar surface area (TPSA) is 237 Å². The lowest BCUT2D eigenvalue weighted by molar-refractivity contribution is -0.165. The molecule has 3 heterocycles. The first-order valence-corrected chi connectivity index (χ1v) is 28.8. The maximum Gasteiger partial charge on any atom is 0.330 e. The molecule has 0 saturated carbocycles. The molecule has 3 aromatic carbocycles. The molecule has 0 unspecified atom stereocenters. The Hall–Kier alpha value is -7.88. The van der Waals surface area contributed by atoms with Gasteiger partial charge in [0.1, 0.15) is 54.5 Å². The van der Waals surface area contributed by atoms with Gasteiger partial charge in [0, 0.05) is 53.3 Å². The first-order valence-electron chi connectivity index (χ1n) is 28.8. The van der Waals surface area contributed by atoms with E-state index >= 15 is 0 Å². The molecule has 0 aromatic heterocycles. The summed E-state index contributed by atoms with van der Waals surface area (Å²) in [5.41, 5.74) is -0.492. The van der Waals surface area contributed by atoms with Gasteiger partial charge in [-0.25, -0.2) is 14.0 Å². The number of carbonyl (C=O) groups excluding carboxylic acids is 9. The van der Waals surface area contributed by atoms with Gasteiger partial charge >= 0.3 is 11.9 Å². The molecule has 22 heteroatoms. The number of Topliss-reactive ketones (excluding diaryl/α,β-unsaturated/α-hetero) is 1. The van der Waals surface area contributed by atoms with Crippen LogP contribution in [0.3, 0.4) is 0 Å². The summed E-state index contributed by atoms with van der Waals surface area (Å²) in [5.74, 6) is -5.65. The number of piperidine rings is 1. The molecule has 3 aromatic rings. The number of nitrogens with one attached hydrogen (secondary N) is 1. The molecule has 6 rings (SSSR count). The first kappa shape index (κ1) is 66.3. The minimum absolute atomic E-state index is 0.0936. The van der Waals surface area contributed by atoms with E-state index in [1.807, 2.05) is 6.07 Å². The van der Waals surface area contributed by atoms with Crippen molar-refractivity contribution in [1.29, 1.82) is 0 Å². The molecule has 85 heavy (non-hydrogen) atoms. The summed E-state index contributed by atoms with van der Waals surface area (Å²) >= 11 is 0. The molecule has 1 N–H and O–H groups in total. The van der Waals surface area contributed by atoms with Gasteiger partial charge in [0.15, 0.2) is 18.1 Å². The van der Waals surface area contributed by atoms with Gasteiger partial charge < -0.3 is 58.2 Å². The van der Waals surface area contributed by atoms with E-state index in [1.54, 1.807) is 64.2 Å². The zero-order chi connectivity index (χ0) is 62.3. The molecule has 6 amide bonds. The van der Waals surface area contributed by atoms with Crippen molar-refractivity contribution in [1.82, 2.24) is 29.8 Å². The number of fused-ring (bicyclic) bond motifs is 4. The summed E-state index contributed by atoms with van der Waals surface area (Å²) < 4.78 is 49.1. The highest BCUT2D eigenvalue weighted by Crippen LogP contribution is 2.33. The van der Waals surface area contributed by atoms with Crippen LogP contribution in [0.1, 0.15) is 109 Å². The number of hydrogen-bond donors (Lipinski definition) is 1. The number of ether oxygens (including phenoxy) is 6. The number of halogens is 1. The molecular formula is C63H83FN6O15. The number of carbonyl (C=O) groups is 9. The lowest BCUT2D eigenvalue weighted by atomic mass is 9.87. The third-order valence-electron chi connectivity index (χ3n) is 15.6. The Morgan fingerprint density at radius 2 is 1.42 bits per heavy atom. The number of hydrogen-bond acceptors (Lipinski definition) is 15. The fraction of sp³-hybridized carbons (Fsp3) is 0.540. The smallest absolute Gasteiger partial charge is 0.330 e. The van der Waals surface area contributed by atoms with Gasteiger partial charge in [-0.2, -0.15) is 0 Å². The highest BCUT2D eigenvalue weighted by Gasteiger charge is 2.44. The maximum absolute atomic E-state index is 14.9. The van der Waals surface area contributed by atoms with Crippen molar-refractivity contribution in [2.24, 2.45) is 5.41 Å². The van der Waals surface area contributed by atoms with Gasteiger partial charge in [0.25, 0.3) is 11.8 Å². The minimum atomic E-state index is -1.50. The van der Waals surface area contributed by atoms with Crippen LogP contribution < -0.4 is 19.5 Å². The Bertz CT molecular complexity index is 2930. The van der Waals surface area contributed by atoms with Crippen LogP contribution in [0.4, 0.5) is 4.39 Å². The highest BCUT2D eigenvalue weighted by atomic mass is 19.1. The zero-order valence-electron chi connectivity index (χ0n) is 50.8. The molecule has 0 aliphatic carbocycles. The maximum atomic E-state index is 14.9. The molecule has 3 aliphatic heterocycles.